The van der Waals surface area contributed by atoms with Gasteiger partial charge in [-0.15, -0.1) is 0 Å². The average molecular weight is 278 g/mol. The highest BCUT2D eigenvalue weighted by Gasteiger charge is 2.71. The van der Waals surface area contributed by atoms with Crippen molar-refractivity contribution < 1.29 is 9.53 Å². The zero-order valence-electron chi connectivity index (χ0n) is 12.1. The van der Waals surface area contributed by atoms with E-state index in [9.17, 15) is 4.79 Å². The minimum Gasteiger partial charge on any atom is -0.497 e. The smallest absolute Gasteiger partial charge is 0.137 e. The van der Waals surface area contributed by atoms with Crippen molar-refractivity contribution in [1.29, 1.82) is 0 Å². The molecule has 1 unspecified atom stereocenters. The molecule has 2 aromatic carbocycles. The van der Waals surface area contributed by atoms with Crippen LogP contribution >= 0.6 is 0 Å². The van der Waals surface area contributed by atoms with Crippen molar-refractivity contribution in [3.05, 3.63) is 65.7 Å². The highest BCUT2D eigenvalue weighted by Crippen LogP contribution is 2.72. The summed E-state index contributed by atoms with van der Waals surface area (Å²) in [7, 11) is 1.68. The molecule has 2 aromatic rings. The van der Waals surface area contributed by atoms with E-state index < -0.39 is 0 Å². The molecule has 2 nitrogen and oxygen atoms in total. The lowest BCUT2D eigenvalue weighted by Crippen LogP contribution is -2.08. The van der Waals surface area contributed by atoms with Crippen molar-refractivity contribution in [2.24, 2.45) is 5.92 Å². The van der Waals surface area contributed by atoms with Crippen molar-refractivity contribution in [2.75, 3.05) is 7.11 Å². The van der Waals surface area contributed by atoms with E-state index in [0.29, 0.717) is 11.7 Å². The summed E-state index contributed by atoms with van der Waals surface area (Å²) in [6.45, 7) is 0. The molecule has 0 N–H and O–H groups in total. The van der Waals surface area contributed by atoms with E-state index in [2.05, 4.69) is 36.4 Å². The summed E-state index contributed by atoms with van der Waals surface area (Å²) in [6.07, 6.45) is 1.71. The molecule has 0 heterocycles. The normalized spacial score (nSPS) is 30.0. The highest BCUT2D eigenvalue weighted by atomic mass is 16.5. The number of ether oxygens (including phenoxy) is 1. The fraction of sp³-hybridized carbons (Fsp3) is 0.316. The summed E-state index contributed by atoms with van der Waals surface area (Å²) in [6, 6.07) is 18.8. The van der Waals surface area contributed by atoms with E-state index in [4.69, 9.17) is 4.74 Å². The molecule has 0 spiro atoms. The zero-order valence-corrected chi connectivity index (χ0v) is 12.1. The molecule has 0 aromatic heterocycles. The summed E-state index contributed by atoms with van der Waals surface area (Å²) >= 11 is 0. The van der Waals surface area contributed by atoms with E-state index in [0.717, 1.165) is 18.6 Å². The number of hydrogen-bond acceptors (Lipinski definition) is 2. The summed E-state index contributed by atoms with van der Waals surface area (Å²) in [4.78, 5) is 12.3. The lowest BCUT2D eigenvalue weighted by Gasteiger charge is -2.15. The van der Waals surface area contributed by atoms with E-state index >= 15 is 0 Å². The van der Waals surface area contributed by atoms with Crippen LogP contribution in [0, 0.1) is 5.92 Å². The second kappa shape index (κ2) is 4.45. The Kier molecular flexibility index (Phi) is 2.68. The van der Waals surface area contributed by atoms with Gasteiger partial charge in [0, 0.05) is 23.7 Å². The second-order valence-corrected chi connectivity index (χ2v) is 6.10. The first-order valence-corrected chi connectivity index (χ1v) is 7.49. The zero-order chi connectivity index (χ0) is 14.4. The fourth-order valence-electron chi connectivity index (χ4n) is 4.26. The standard InChI is InChI=1S/C19H18O2/c1-21-15-9-7-13(8-10-15)17-18-16(20)11-12-19(17,18)14-5-3-2-4-6-14/h2-10,17-18H,11-12H2,1H3/t17-,18?,19-/m0/s1. The first kappa shape index (κ1) is 12.6. The lowest BCUT2D eigenvalue weighted by atomic mass is 9.88. The Morgan fingerprint density at radius 3 is 2.38 bits per heavy atom. The Hall–Kier alpha value is -2.09. The van der Waals surface area contributed by atoms with Crippen LogP contribution in [0.15, 0.2) is 54.6 Å². The fourth-order valence-corrected chi connectivity index (χ4v) is 4.26. The molecule has 2 heteroatoms. The van der Waals surface area contributed by atoms with Gasteiger partial charge in [0.1, 0.15) is 11.5 Å². The van der Waals surface area contributed by atoms with Gasteiger partial charge in [-0.1, -0.05) is 42.5 Å². The third kappa shape index (κ3) is 1.68. The Morgan fingerprint density at radius 1 is 1.00 bits per heavy atom. The van der Waals surface area contributed by atoms with E-state index in [1.807, 2.05) is 18.2 Å². The van der Waals surface area contributed by atoms with Gasteiger partial charge >= 0.3 is 0 Å². The number of rotatable bonds is 3. The van der Waals surface area contributed by atoms with Crippen LogP contribution in [-0.4, -0.2) is 12.9 Å². The van der Waals surface area contributed by atoms with Crippen LogP contribution < -0.4 is 4.74 Å². The van der Waals surface area contributed by atoms with Crippen molar-refractivity contribution in [1.82, 2.24) is 0 Å². The Balaban J connectivity index is 1.74. The van der Waals surface area contributed by atoms with Crippen LogP contribution in [0.25, 0.3) is 0 Å². The number of carbonyl (C=O) groups is 1. The SMILES string of the molecule is COc1ccc([C@H]2C3C(=O)CC[C@@]32c2ccccc2)cc1. The Bertz CT molecular complexity index is 674. The van der Waals surface area contributed by atoms with Crippen LogP contribution in [-0.2, 0) is 10.2 Å². The quantitative estimate of drug-likeness (QED) is 0.855. The van der Waals surface area contributed by atoms with E-state index in [1.165, 1.54) is 11.1 Å². The molecule has 21 heavy (non-hydrogen) atoms. The molecular formula is C19H18O2. The summed E-state index contributed by atoms with van der Waals surface area (Å²) in [5.41, 5.74) is 2.63. The molecule has 0 aliphatic heterocycles. The minimum absolute atomic E-state index is 0.0485. The maximum absolute atomic E-state index is 12.3. The molecule has 2 aliphatic rings. The molecule has 3 atom stereocenters. The number of Topliss-reactive ketones (excluding diaryl/α,β-unsaturated/α-hetero) is 1. The summed E-state index contributed by atoms with van der Waals surface area (Å²) in [5.74, 6) is 1.81. The number of methoxy groups -OCH3 is 1. The van der Waals surface area contributed by atoms with Gasteiger partial charge in [-0.25, -0.2) is 0 Å². The third-order valence-corrected chi connectivity index (χ3v) is 5.25. The molecule has 0 bridgehead atoms. The monoisotopic (exact) mass is 278 g/mol. The first-order chi connectivity index (χ1) is 10.3. The maximum atomic E-state index is 12.3. The first-order valence-electron chi connectivity index (χ1n) is 7.49. The summed E-state index contributed by atoms with van der Waals surface area (Å²) in [5, 5.41) is 0. The predicted octanol–water partition coefficient (Wildman–Crippen LogP) is 3.71. The van der Waals surface area contributed by atoms with Crippen molar-refractivity contribution in [3.8, 4) is 5.75 Å². The van der Waals surface area contributed by atoms with Gasteiger partial charge in [0.2, 0.25) is 0 Å². The van der Waals surface area contributed by atoms with E-state index in [-0.39, 0.29) is 11.3 Å². The molecule has 0 radical (unpaired) electrons. The summed E-state index contributed by atoms with van der Waals surface area (Å²) < 4.78 is 5.23. The van der Waals surface area contributed by atoms with Gasteiger partial charge in [-0.3, -0.25) is 4.79 Å². The molecule has 0 amide bonds. The van der Waals surface area contributed by atoms with Gasteiger partial charge < -0.3 is 4.74 Å². The average Bonchev–Trinajstić information content (AvgIpc) is 3.12. The molecule has 2 fully saturated rings. The van der Waals surface area contributed by atoms with Crippen molar-refractivity contribution in [2.45, 2.75) is 24.2 Å². The molecule has 4 rings (SSSR count). The molecule has 106 valence electrons. The van der Waals surface area contributed by atoms with Gasteiger partial charge in [0.15, 0.2) is 0 Å². The number of carbonyl (C=O) groups excluding carboxylic acids is 1. The topological polar surface area (TPSA) is 26.3 Å². The number of ketones is 1. The van der Waals surface area contributed by atoms with Gasteiger partial charge in [-0.05, 0) is 29.7 Å². The van der Waals surface area contributed by atoms with Crippen LogP contribution in [0.5, 0.6) is 5.75 Å². The minimum atomic E-state index is 0.0485. The largest absolute Gasteiger partial charge is 0.497 e. The highest BCUT2D eigenvalue weighted by molar-refractivity contribution is 5.92. The molecule has 2 aliphatic carbocycles. The number of benzene rings is 2. The number of hydrogen-bond donors (Lipinski definition) is 0. The Labute approximate surface area is 124 Å². The van der Waals surface area contributed by atoms with Gasteiger partial charge in [0.25, 0.3) is 0 Å². The van der Waals surface area contributed by atoms with Crippen LogP contribution in [0.4, 0.5) is 0 Å². The molecular weight excluding hydrogens is 260 g/mol. The van der Waals surface area contributed by atoms with Crippen LogP contribution in [0.3, 0.4) is 0 Å². The molecule has 2 saturated carbocycles. The van der Waals surface area contributed by atoms with Gasteiger partial charge in [-0.2, -0.15) is 0 Å². The van der Waals surface area contributed by atoms with Crippen molar-refractivity contribution in [3.63, 3.8) is 0 Å². The van der Waals surface area contributed by atoms with E-state index in [1.54, 1.807) is 7.11 Å². The lowest BCUT2D eigenvalue weighted by molar-refractivity contribution is -0.119. The Morgan fingerprint density at radius 2 is 1.71 bits per heavy atom. The maximum Gasteiger partial charge on any atom is 0.137 e. The number of fused-ring (bicyclic) bond motifs is 1. The predicted molar refractivity (Wildman–Crippen MR) is 81.6 cm³/mol. The third-order valence-electron chi connectivity index (χ3n) is 5.25. The van der Waals surface area contributed by atoms with Crippen molar-refractivity contribution >= 4 is 5.78 Å². The molecule has 0 saturated heterocycles. The van der Waals surface area contributed by atoms with Crippen LogP contribution in [0.1, 0.15) is 29.9 Å². The second-order valence-electron chi connectivity index (χ2n) is 6.10. The van der Waals surface area contributed by atoms with Gasteiger partial charge in [0.05, 0.1) is 7.11 Å². The van der Waals surface area contributed by atoms with Crippen LogP contribution in [0.2, 0.25) is 0 Å².